The van der Waals surface area contributed by atoms with Crippen molar-refractivity contribution in [1.82, 2.24) is 0 Å². The first kappa shape index (κ1) is 11.9. The minimum Gasteiger partial charge on any atom is -0.387 e. The Kier molecular flexibility index (Phi) is 2.88. The summed E-state index contributed by atoms with van der Waals surface area (Å²) >= 11 is 0. The molecular formula is C12H6N2O3S. The van der Waals surface area contributed by atoms with Crippen molar-refractivity contribution in [2.45, 2.75) is 4.90 Å². The number of nitriles is 2. The number of allylic oxidation sites excluding steroid dienone is 3. The van der Waals surface area contributed by atoms with Crippen LogP contribution in [0.4, 0.5) is 0 Å². The Morgan fingerprint density at radius 2 is 1.83 bits per heavy atom. The van der Waals surface area contributed by atoms with Gasteiger partial charge in [-0.15, -0.1) is 0 Å². The van der Waals surface area contributed by atoms with Gasteiger partial charge in [-0.2, -0.15) is 18.9 Å². The molecule has 0 aliphatic carbocycles. The van der Waals surface area contributed by atoms with Gasteiger partial charge in [0, 0.05) is 11.1 Å². The third-order valence-corrected chi connectivity index (χ3v) is 3.62. The summed E-state index contributed by atoms with van der Waals surface area (Å²) in [6, 6.07) is 9.53. The highest BCUT2D eigenvalue weighted by Crippen LogP contribution is 2.30. The maximum Gasteiger partial charge on any atom is 0.339 e. The number of nitrogens with zero attached hydrogens (tertiary/aromatic N) is 2. The zero-order valence-corrected chi connectivity index (χ0v) is 9.81. The molecule has 0 saturated heterocycles. The van der Waals surface area contributed by atoms with Crippen molar-refractivity contribution in [2.75, 3.05) is 0 Å². The second kappa shape index (κ2) is 4.36. The van der Waals surface area contributed by atoms with Crippen molar-refractivity contribution < 1.29 is 12.6 Å². The van der Waals surface area contributed by atoms with Crippen molar-refractivity contribution in [2.24, 2.45) is 0 Å². The van der Waals surface area contributed by atoms with E-state index in [1.165, 1.54) is 18.2 Å². The molecule has 0 aromatic heterocycles. The van der Waals surface area contributed by atoms with E-state index in [0.29, 0.717) is 0 Å². The Morgan fingerprint density at radius 1 is 1.17 bits per heavy atom. The van der Waals surface area contributed by atoms with Crippen LogP contribution in [-0.4, -0.2) is 8.42 Å². The van der Waals surface area contributed by atoms with E-state index in [0.717, 1.165) is 6.26 Å². The molecule has 1 aliphatic heterocycles. The fraction of sp³-hybridized carbons (Fsp3) is 0. The lowest BCUT2D eigenvalue weighted by molar-refractivity contribution is 0.445. The predicted octanol–water partition coefficient (Wildman–Crippen LogP) is 1.72. The molecule has 0 bridgehead atoms. The molecule has 0 amide bonds. The average molecular weight is 258 g/mol. The van der Waals surface area contributed by atoms with Crippen molar-refractivity contribution >= 4 is 15.7 Å². The summed E-state index contributed by atoms with van der Waals surface area (Å²) in [5.41, 5.74) is 0.348. The van der Waals surface area contributed by atoms with Crippen LogP contribution in [0, 0.1) is 22.7 Å². The van der Waals surface area contributed by atoms with E-state index < -0.39 is 10.1 Å². The first-order chi connectivity index (χ1) is 8.60. The molecule has 0 unspecified atom stereocenters. The Labute approximate surface area is 104 Å². The van der Waals surface area contributed by atoms with Gasteiger partial charge < -0.3 is 4.18 Å². The number of hydrogen-bond acceptors (Lipinski definition) is 5. The molecule has 1 aliphatic rings. The largest absolute Gasteiger partial charge is 0.387 e. The van der Waals surface area contributed by atoms with E-state index in [2.05, 4.69) is 4.18 Å². The van der Waals surface area contributed by atoms with Crippen molar-refractivity contribution in [3.63, 3.8) is 0 Å². The molecule has 0 spiro atoms. The molecule has 18 heavy (non-hydrogen) atoms. The van der Waals surface area contributed by atoms with Gasteiger partial charge in [0.05, 0.1) is 0 Å². The van der Waals surface area contributed by atoms with Gasteiger partial charge in [0.2, 0.25) is 0 Å². The molecule has 88 valence electrons. The summed E-state index contributed by atoms with van der Waals surface area (Å²) in [6.45, 7) is 0. The van der Waals surface area contributed by atoms with Gasteiger partial charge in [0.15, 0.2) is 0 Å². The smallest absolute Gasteiger partial charge is 0.339 e. The second-order valence-electron chi connectivity index (χ2n) is 3.36. The third kappa shape index (κ3) is 1.86. The first-order valence-electron chi connectivity index (χ1n) is 4.84. The van der Waals surface area contributed by atoms with Crippen LogP contribution in [0.2, 0.25) is 0 Å². The average Bonchev–Trinajstić information content (AvgIpc) is 2.50. The molecule has 6 heteroatoms. The van der Waals surface area contributed by atoms with Gasteiger partial charge in [0.25, 0.3) is 0 Å². The van der Waals surface area contributed by atoms with Crippen molar-refractivity contribution in [3.05, 3.63) is 47.7 Å². The Balaban J connectivity index is 2.88. The van der Waals surface area contributed by atoms with Crippen LogP contribution in [0.3, 0.4) is 0 Å². The molecule has 0 atom stereocenters. The van der Waals surface area contributed by atoms with E-state index in [-0.39, 0.29) is 21.6 Å². The van der Waals surface area contributed by atoms with Gasteiger partial charge in [-0.25, -0.2) is 0 Å². The summed E-state index contributed by atoms with van der Waals surface area (Å²) in [5, 5.41) is 17.7. The van der Waals surface area contributed by atoms with Crippen LogP contribution >= 0.6 is 0 Å². The highest BCUT2D eigenvalue weighted by Gasteiger charge is 2.24. The maximum absolute atomic E-state index is 11.8. The molecule has 0 saturated carbocycles. The lowest BCUT2D eigenvalue weighted by Crippen LogP contribution is -2.03. The van der Waals surface area contributed by atoms with Crippen LogP contribution in [0.15, 0.2) is 47.1 Å². The van der Waals surface area contributed by atoms with Gasteiger partial charge in [-0.3, -0.25) is 0 Å². The molecule has 2 rings (SSSR count). The summed E-state index contributed by atoms with van der Waals surface area (Å²) in [6.07, 6.45) is 2.25. The minimum atomic E-state index is -3.90. The maximum atomic E-state index is 11.8. The van der Waals surface area contributed by atoms with Gasteiger partial charge in [-0.05, 0) is 12.1 Å². The molecular weight excluding hydrogens is 252 g/mol. The van der Waals surface area contributed by atoms with E-state index in [1.807, 2.05) is 0 Å². The van der Waals surface area contributed by atoms with Crippen LogP contribution < -0.4 is 0 Å². The SMILES string of the molecule is N#CC(C#N)=C1C=COS(=O)(=O)c2ccccc21. The quantitative estimate of drug-likeness (QED) is 0.522. The molecule has 0 N–H and O–H groups in total. The Bertz CT molecular complexity index is 730. The lowest BCUT2D eigenvalue weighted by atomic mass is 10.0. The summed E-state index contributed by atoms with van der Waals surface area (Å²) < 4.78 is 28.2. The molecule has 0 radical (unpaired) electrons. The standard InChI is InChI=1S/C12H6N2O3S/c13-7-9(8-14)10-5-6-17-18(15,16)12-4-2-1-3-11(10)12/h1-6H. The molecule has 5 nitrogen and oxygen atoms in total. The number of hydrogen-bond donors (Lipinski definition) is 0. The van der Waals surface area contributed by atoms with E-state index in [1.54, 1.807) is 24.3 Å². The van der Waals surface area contributed by atoms with Crippen LogP contribution in [-0.2, 0) is 14.3 Å². The summed E-state index contributed by atoms with van der Waals surface area (Å²) in [4.78, 5) is -0.0620. The summed E-state index contributed by atoms with van der Waals surface area (Å²) in [5.74, 6) is 0. The van der Waals surface area contributed by atoms with Crippen molar-refractivity contribution in [1.29, 1.82) is 10.5 Å². The molecule has 1 aromatic carbocycles. The molecule has 0 fully saturated rings. The van der Waals surface area contributed by atoms with Crippen LogP contribution in [0.1, 0.15) is 5.56 Å². The normalized spacial score (nSPS) is 15.6. The number of rotatable bonds is 0. The number of benzene rings is 1. The van der Waals surface area contributed by atoms with E-state index in [9.17, 15) is 8.42 Å². The second-order valence-corrected chi connectivity index (χ2v) is 4.90. The summed E-state index contributed by atoms with van der Waals surface area (Å²) in [7, 11) is -3.90. The Morgan fingerprint density at radius 3 is 2.50 bits per heavy atom. The third-order valence-electron chi connectivity index (χ3n) is 2.36. The van der Waals surface area contributed by atoms with Gasteiger partial charge in [-0.1, -0.05) is 18.2 Å². The monoisotopic (exact) mass is 258 g/mol. The van der Waals surface area contributed by atoms with E-state index >= 15 is 0 Å². The van der Waals surface area contributed by atoms with Crippen LogP contribution in [0.25, 0.3) is 5.57 Å². The minimum absolute atomic E-state index is 0.0620. The molecule has 1 heterocycles. The highest BCUT2D eigenvalue weighted by molar-refractivity contribution is 7.87. The first-order valence-corrected chi connectivity index (χ1v) is 6.24. The fourth-order valence-electron chi connectivity index (χ4n) is 1.58. The van der Waals surface area contributed by atoms with E-state index in [4.69, 9.17) is 10.5 Å². The van der Waals surface area contributed by atoms with Gasteiger partial charge >= 0.3 is 10.1 Å². The van der Waals surface area contributed by atoms with Crippen LogP contribution in [0.5, 0.6) is 0 Å². The number of fused-ring (bicyclic) bond motifs is 1. The zero-order chi connectivity index (χ0) is 13.2. The van der Waals surface area contributed by atoms with Crippen molar-refractivity contribution in [3.8, 4) is 12.1 Å². The predicted molar refractivity (Wildman–Crippen MR) is 62.0 cm³/mol. The topological polar surface area (TPSA) is 90.9 Å². The van der Waals surface area contributed by atoms with Gasteiger partial charge in [0.1, 0.15) is 28.9 Å². The fourth-order valence-corrected chi connectivity index (χ4v) is 2.58. The zero-order valence-electron chi connectivity index (χ0n) is 8.99. The Hall–Kier alpha value is -2.57. The lowest BCUT2D eigenvalue weighted by Gasteiger charge is -2.06. The highest BCUT2D eigenvalue weighted by atomic mass is 32.2. The molecule has 1 aromatic rings.